The Kier molecular flexibility index (Phi) is 3.29. The molecule has 0 fully saturated rings. The number of aliphatic carboxylic acids is 1. The molecule has 1 aromatic heterocycles. The maximum Gasteiger partial charge on any atom is 0.325 e. The Balaban J connectivity index is 2.82. The van der Waals surface area contributed by atoms with E-state index in [1.54, 1.807) is 12.3 Å². The normalized spacial score (nSPS) is 12.1. The standard InChI is InChI=1S/C8H10BrN3O2/c1-4(8(13)14)12-7-6(10)2-5(9)3-11-7/h2-4H,10H2,1H3,(H,11,12)(H,13,14). The van der Waals surface area contributed by atoms with Gasteiger partial charge in [0.1, 0.15) is 11.9 Å². The van der Waals surface area contributed by atoms with Gasteiger partial charge in [0.05, 0.1) is 5.69 Å². The molecule has 0 aliphatic carbocycles. The monoisotopic (exact) mass is 259 g/mol. The number of anilines is 2. The van der Waals surface area contributed by atoms with Crippen molar-refractivity contribution in [2.75, 3.05) is 11.1 Å². The number of halogens is 1. The minimum Gasteiger partial charge on any atom is -0.480 e. The van der Waals surface area contributed by atoms with Gasteiger partial charge in [-0.3, -0.25) is 4.79 Å². The van der Waals surface area contributed by atoms with Crippen molar-refractivity contribution in [3.05, 3.63) is 16.7 Å². The number of nitrogen functional groups attached to an aromatic ring is 1. The van der Waals surface area contributed by atoms with Gasteiger partial charge in [0.2, 0.25) is 0 Å². The van der Waals surface area contributed by atoms with Gasteiger partial charge in [-0.25, -0.2) is 4.98 Å². The molecule has 6 heteroatoms. The number of rotatable bonds is 3. The third-order valence-electron chi connectivity index (χ3n) is 1.61. The van der Waals surface area contributed by atoms with Crippen LogP contribution in [0.3, 0.4) is 0 Å². The number of carboxylic acid groups (broad SMARTS) is 1. The molecule has 76 valence electrons. The molecule has 0 saturated heterocycles. The SMILES string of the molecule is CC(Nc1ncc(Br)cc1N)C(=O)O. The van der Waals surface area contributed by atoms with E-state index in [1.807, 2.05) is 0 Å². The smallest absolute Gasteiger partial charge is 0.325 e. The van der Waals surface area contributed by atoms with E-state index in [0.717, 1.165) is 4.47 Å². The molecule has 1 rings (SSSR count). The van der Waals surface area contributed by atoms with Crippen LogP contribution in [0, 0.1) is 0 Å². The molecule has 1 heterocycles. The molecule has 14 heavy (non-hydrogen) atoms. The summed E-state index contributed by atoms with van der Waals surface area (Å²) >= 11 is 3.20. The second-order valence-electron chi connectivity index (χ2n) is 2.80. The molecule has 1 unspecified atom stereocenters. The van der Waals surface area contributed by atoms with Crippen LogP contribution in [0.5, 0.6) is 0 Å². The second-order valence-corrected chi connectivity index (χ2v) is 3.71. The van der Waals surface area contributed by atoms with Crippen LogP contribution in [-0.4, -0.2) is 22.1 Å². The average molecular weight is 260 g/mol. The Labute approximate surface area is 89.5 Å². The predicted molar refractivity (Wildman–Crippen MR) is 57.1 cm³/mol. The van der Waals surface area contributed by atoms with E-state index < -0.39 is 12.0 Å². The molecule has 0 radical (unpaired) electrons. The lowest BCUT2D eigenvalue weighted by molar-refractivity contribution is -0.137. The minimum atomic E-state index is -0.950. The van der Waals surface area contributed by atoms with Crippen LogP contribution in [0.15, 0.2) is 16.7 Å². The number of nitrogens with zero attached hydrogens (tertiary/aromatic N) is 1. The molecule has 0 saturated carbocycles. The first kappa shape index (κ1) is 10.8. The van der Waals surface area contributed by atoms with E-state index in [4.69, 9.17) is 10.8 Å². The van der Waals surface area contributed by atoms with E-state index in [1.165, 1.54) is 6.92 Å². The number of hydrogen-bond donors (Lipinski definition) is 3. The Morgan fingerprint density at radius 1 is 1.79 bits per heavy atom. The van der Waals surface area contributed by atoms with Gasteiger partial charge in [0, 0.05) is 10.7 Å². The molecule has 0 bridgehead atoms. The Morgan fingerprint density at radius 2 is 2.43 bits per heavy atom. The van der Waals surface area contributed by atoms with Crippen molar-refractivity contribution in [3.63, 3.8) is 0 Å². The molecule has 0 aliphatic heterocycles. The number of hydrogen-bond acceptors (Lipinski definition) is 4. The Hall–Kier alpha value is -1.30. The van der Waals surface area contributed by atoms with Gasteiger partial charge in [-0.15, -0.1) is 0 Å². The topological polar surface area (TPSA) is 88.2 Å². The van der Waals surface area contributed by atoms with Crippen LogP contribution in [0.4, 0.5) is 11.5 Å². The average Bonchev–Trinajstić information content (AvgIpc) is 2.09. The molecule has 0 aromatic carbocycles. The van der Waals surface area contributed by atoms with Gasteiger partial charge >= 0.3 is 5.97 Å². The zero-order valence-corrected chi connectivity index (χ0v) is 9.08. The van der Waals surface area contributed by atoms with Gasteiger partial charge in [-0.2, -0.15) is 0 Å². The highest BCUT2D eigenvalue weighted by atomic mass is 79.9. The predicted octanol–water partition coefficient (Wildman–Crippen LogP) is 1.31. The van der Waals surface area contributed by atoms with Crippen LogP contribution >= 0.6 is 15.9 Å². The number of pyridine rings is 1. The number of nitrogens with two attached hydrogens (primary N) is 1. The Morgan fingerprint density at radius 3 is 2.93 bits per heavy atom. The van der Waals surface area contributed by atoms with Crippen molar-refractivity contribution in [1.29, 1.82) is 0 Å². The highest BCUT2D eigenvalue weighted by molar-refractivity contribution is 9.10. The summed E-state index contributed by atoms with van der Waals surface area (Å²) in [7, 11) is 0. The summed E-state index contributed by atoms with van der Waals surface area (Å²) in [6.45, 7) is 1.52. The Bertz CT molecular complexity index is 356. The van der Waals surface area contributed by atoms with Crippen molar-refractivity contribution < 1.29 is 9.90 Å². The van der Waals surface area contributed by atoms with Crippen molar-refractivity contribution in [3.8, 4) is 0 Å². The third kappa shape index (κ3) is 2.59. The van der Waals surface area contributed by atoms with E-state index in [-0.39, 0.29) is 0 Å². The van der Waals surface area contributed by atoms with Crippen LogP contribution in [0.1, 0.15) is 6.92 Å². The van der Waals surface area contributed by atoms with E-state index in [9.17, 15) is 4.79 Å². The summed E-state index contributed by atoms with van der Waals surface area (Å²) in [5, 5.41) is 11.3. The van der Waals surface area contributed by atoms with Gasteiger partial charge in [0.25, 0.3) is 0 Å². The summed E-state index contributed by atoms with van der Waals surface area (Å²) < 4.78 is 0.753. The minimum absolute atomic E-state index is 0.378. The summed E-state index contributed by atoms with van der Waals surface area (Å²) in [4.78, 5) is 14.5. The maximum atomic E-state index is 10.5. The molecule has 1 aromatic rings. The zero-order valence-electron chi connectivity index (χ0n) is 7.49. The fourth-order valence-corrected chi connectivity index (χ4v) is 1.19. The number of nitrogens with one attached hydrogen (secondary N) is 1. The van der Waals surface area contributed by atoms with Gasteiger partial charge in [-0.05, 0) is 28.9 Å². The first-order valence-electron chi connectivity index (χ1n) is 3.91. The number of carboxylic acids is 1. The van der Waals surface area contributed by atoms with E-state index in [0.29, 0.717) is 11.5 Å². The lowest BCUT2D eigenvalue weighted by atomic mass is 10.3. The zero-order chi connectivity index (χ0) is 10.7. The van der Waals surface area contributed by atoms with E-state index >= 15 is 0 Å². The van der Waals surface area contributed by atoms with Crippen LogP contribution in [0.2, 0.25) is 0 Å². The van der Waals surface area contributed by atoms with Crippen molar-refractivity contribution >= 4 is 33.4 Å². The maximum absolute atomic E-state index is 10.5. The molecule has 4 N–H and O–H groups in total. The number of carbonyl (C=O) groups is 1. The van der Waals surface area contributed by atoms with Gasteiger partial charge in [0.15, 0.2) is 0 Å². The van der Waals surface area contributed by atoms with Gasteiger partial charge in [-0.1, -0.05) is 0 Å². The van der Waals surface area contributed by atoms with Gasteiger partial charge < -0.3 is 16.2 Å². The summed E-state index contributed by atoms with van der Waals surface area (Å²) in [6.07, 6.45) is 1.55. The van der Waals surface area contributed by atoms with Crippen LogP contribution in [0.25, 0.3) is 0 Å². The fraction of sp³-hybridized carbons (Fsp3) is 0.250. The first-order chi connectivity index (χ1) is 6.50. The molecular formula is C8H10BrN3O2. The summed E-state index contributed by atoms with van der Waals surface area (Å²) in [5.74, 6) is -0.572. The third-order valence-corrected chi connectivity index (χ3v) is 2.04. The summed E-state index contributed by atoms with van der Waals surface area (Å²) in [6, 6.07) is 0.940. The van der Waals surface area contributed by atoms with E-state index in [2.05, 4.69) is 26.2 Å². The molecule has 1 atom stereocenters. The lowest BCUT2D eigenvalue weighted by Crippen LogP contribution is -2.26. The fourth-order valence-electron chi connectivity index (χ4n) is 0.842. The van der Waals surface area contributed by atoms with Crippen molar-refractivity contribution in [2.45, 2.75) is 13.0 Å². The quantitative estimate of drug-likeness (QED) is 0.762. The lowest BCUT2D eigenvalue weighted by Gasteiger charge is -2.11. The second kappa shape index (κ2) is 4.28. The summed E-state index contributed by atoms with van der Waals surface area (Å²) in [5.41, 5.74) is 6.03. The molecule has 0 aliphatic rings. The largest absolute Gasteiger partial charge is 0.480 e. The van der Waals surface area contributed by atoms with Crippen molar-refractivity contribution in [1.82, 2.24) is 4.98 Å². The molecule has 5 nitrogen and oxygen atoms in total. The highest BCUT2D eigenvalue weighted by Crippen LogP contribution is 2.20. The van der Waals surface area contributed by atoms with Crippen molar-refractivity contribution in [2.24, 2.45) is 0 Å². The molecular weight excluding hydrogens is 250 g/mol. The van der Waals surface area contributed by atoms with Crippen LogP contribution in [-0.2, 0) is 4.79 Å². The van der Waals surface area contributed by atoms with Crippen LogP contribution < -0.4 is 11.1 Å². The molecule has 0 amide bonds. The molecule has 0 spiro atoms. The highest BCUT2D eigenvalue weighted by Gasteiger charge is 2.12. The first-order valence-corrected chi connectivity index (χ1v) is 4.70. The number of aromatic nitrogens is 1.